The molecule has 4 nitrogen and oxygen atoms in total. The topological polar surface area (TPSA) is 71.2 Å². The van der Waals surface area contributed by atoms with E-state index in [2.05, 4.69) is 10.3 Å². The third-order valence-electron chi connectivity index (χ3n) is 1.85. The van der Waals surface area contributed by atoms with E-state index < -0.39 is 5.60 Å². The number of aromatic nitrogens is 1. The molecule has 0 aliphatic heterocycles. The van der Waals surface area contributed by atoms with Crippen molar-refractivity contribution in [3.8, 4) is 0 Å². The molecular weight excluding hydrogens is 214 g/mol. The summed E-state index contributed by atoms with van der Waals surface area (Å²) in [6.07, 6.45) is 0. The number of nitrogens with two attached hydrogens (primary N) is 1. The van der Waals surface area contributed by atoms with E-state index in [-0.39, 0.29) is 5.15 Å². The summed E-state index contributed by atoms with van der Waals surface area (Å²) in [4.78, 5) is 4.02. The smallest absolute Gasteiger partial charge is 0.154 e. The Morgan fingerprint density at radius 1 is 1.60 bits per heavy atom. The predicted molar refractivity (Wildman–Crippen MR) is 63.2 cm³/mol. The van der Waals surface area contributed by atoms with Crippen molar-refractivity contribution in [3.05, 3.63) is 16.9 Å². The highest BCUT2D eigenvalue weighted by Gasteiger charge is 2.13. The number of aliphatic hydroxyl groups is 1. The van der Waals surface area contributed by atoms with Gasteiger partial charge < -0.3 is 16.2 Å². The molecule has 4 N–H and O–H groups in total. The van der Waals surface area contributed by atoms with Gasteiger partial charge in [-0.05, 0) is 26.8 Å². The van der Waals surface area contributed by atoms with Crippen molar-refractivity contribution in [1.82, 2.24) is 4.98 Å². The van der Waals surface area contributed by atoms with E-state index in [9.17, 15) is 5.11 Å². The highest BCUT2D eigenvalue weighted by atomic mass is 35.5. The number of rotatable bonds is 3. The van der Waals surface area contributed by atoms with E-state index in [0.717, 1.165) is 5.69 Å². The Kier molecular flexibility index (Phi) is 3.42. The molecule has 1 aromatic rings. The lowest BCUT2D eigenvalue weighted by Crippen LogP contribution is -2.29. The number of aryl methyl sites for hydroxylation is 1. The molecule has 0 bridgehead atoms. The number of pyridine rings is 1. The van der Waals surface area contributed by atoms with Crippen LogP contribution in [0.4, 0.5) is 11.4 Å². The van der Waals surface area contributed by atoms with Gasteiger partial charge in [0.25, 0.3) is 0 Å². The average molecular weight is 230 g/mol. The van der Waals surface area contributed by atoms with Gasteiger partial charge in [0.15, 0.2) is 5.15 Å². The molecule has 0 saturated carbocycles. The SMILES string of the molecule is Cc1cc(NCC(C)(C)O)c(N)c(Cl)n1. The zero-order chi connectivity index (χ0) is 11.6. The monoisotopic (exact) mass is 229 g/mol. The lowest BCUT2D eigenvalue weighted by atomic mass is 10.1. The maximum atomic E-state index is 9.56. The van der Waals surface area contributed by atoms with Gasteiger partial charge >= 0.3 is 0 Å². The van der Waals surface area contributed by atoms with Gasteiger partial charge in [-0.25, -0.2) is 4.98 Å². The van der Waals surface area contributed by atoms with E-state index in [1.165, 1.54) is 0 Å². The molecule has 5 heteroatoms. The summed E-state index contributed by atoms with van der Waals surface area (Å²) in [5.41, 5.74) is 6.84. The lowest BCUT2D eigenvalue weighted by Gasteiger charge is -2.19. The van der Waals surface area contributed by atoms with Crippen LogP contribution in [-0.2, 0) is 0 Å². The highest BCUT2D eigenvalue weighted by Crippen LogP contribution is 2.26. The molecule has 0 aromatic carbocycles. The highest BCUT2D eigenvalue weighted by molar-refractivity contribution is 6.32. The molecule has 15 heavy (non-hydrogen) atoms. The number of hydrogen-bond donors (Lipinski definition) is 3. The maximum Gasteiger partial charge on any atom is 0.154 e. The van der Waals surface area contributed by atoms with Crippen molar-refractivity contribution < 1.29 is 5.11 Å². The first-order chi connectivity index (χ1) is 6.79. The number of anilines is 2. The Morgan fingerprint density at radius 2 is 2.20 bits per heavy atom. The Hall–Kier alpha value is -1.00. The van der Waals surface area contributed by atoms with Gasteiger partial charge in [0.05, 0.1) is 17.0 Å². The summed E-state index contributed by atoms with van der Waals surface area (Å²) in [6, 6.07) is 1.80. The summed E-state index contributed by atoms with van der Waals surface area (Å²) in [7, 11) is 0. The van der Waals surface area contributed by atoms with Crippen LogP contribution in [0.15, 0.2) is 6.07 Å². The number of nitrogens with one attached hydrogen (secondary N) is 1. The fourth-order valence-electron chi connectivity index (χ4n) is 1.10. The average Bonchev–Trinajstić information content (AvgIpc) is 2.07. The quantitative estimate of drug-likeness (QED) is 0.692. The van der Waals surface area contributed by atoms with Crippen LogP contribution in [0.3, 0.4) is 0 Å². The molecule has 0 amide bonds. The Labute approximate surface area is 94.5 Å². The molecule has 0 fully saturated rings. The second kappa shape index (κ2) is 4.24. The Balaban J connectivity index is 2.86. The molecule has 1 rings (SSSR count). The molecule has 0 unspecified atom stereocenters. The minimum atomic E-state index is -0.796. The molecular formula is C10H16ClN3O. The van der Waals surface area contributed by atoms with E-state index in [1.54, 1.807) is 19.9 Å². The van der Waals surface area contributed by atoms with Crippen molar-refractivity contribution in [2.24, 2.45) is 0 Å². The van der Waals surface area contributed by atoms with Gasteiger partial charge in [0.1, 0.15) is 0 Å². The molecule has 0 atom stereocenters. The van der Waals surface area contributed by atoms with Crippen molar-refractivity contribution >= 4 is 23.0 Å². The third-order valence-corrected chi connectivity index (χ3v) is 2.14. The predicted octanol–water partition coefficient (Wildman–Crippen LogP) is 1.81. The van der Waals surface area contributed by atoms with Crippen LogP contribution in [0.1, 0.15) is 19.5 Å². The van der Waals surface area contributed by atoms with Gasteiger partial charge in [-0.2, -0.15) is 0 Å². The molecule has 0 saturated heterocycles. The number of halogens is 1. The van der Waals surface area contributed by atoms with Crippen molar-refractivity contribution in [3.63, 3.8) is 0 Å². The lowest BCUT2D eigenvalue weighted by molar-refractivity contribution is 0.0945. The van der Waals surface area contributed by atoms with E-state index in [1.807, 2.05) is 6.92 Å². The minimum Gasteiger partial charge on any atom is -0.395 e. The van der Waals surface area contributed by atoms with Crippen LogP contribution in [-0.4, -0.2) is 22.2 Å². The van der Waals surface area contributed by atoms with Crippen LogP contribution < -0.4 is 11.1 Å². The van der Waals surface area contributed by atoms with Gasteiger partial charge in [0, 0.05) is 12.2 Å². The Bertz CT molecular complexity index is 360. The molecule has 1 aromatic heterocycles. The molecule has 0 aliphatic carbocycles. The molecule has 0 spiro atoms. The number of nitrogens with zero attached hydrogens (tertiary/aromatic N) is 1. The minimum absolute atomic E-state index is 0.285. The molecule has 0 aliphatic rings. The number of nitrogen functional groups attached to an aromatic ring is 1. The second-order valence-electron chi connectivity index (χ2n) is 4.18. The van der Waals surface area contributed by atoms with Crippen LogP contribution >= 0.6 is 11.6 Å². The van der Waals surface area contributed by atoms with Crippen LogP contribution in [0, 0.1) is 6.92 Å². The number of hydrogen-bond acceptors (Lipinski definition) is 4. The first-order valence-electron chi connectivity index (χ1n) is 4.68. The third kappa shape index (κ3) is 3.57. The molecule has 1 heterocycles. The second-order valence-corrected chi connectivity index (χ2v) is 4.54. The van der Waals surface area contributed by atoms with E-state index in [4.69, 9.17) is 17.3 Å². The van der Waals surface area contributed by atoms with Crippen molar-refractivity contribution in [2.75, 3.05) is 17.6 Å². The standard InChI is InChI=1S/C10H16ClN3O/c1-6-4-7(8(12)9(11)14-6)13-5-10(2,3)15/h4,15H,5,12H2,1-3H3,(H,13,14). The fraction of sp³-hybridized carbons (Fsp3) is 0.500. The molecule has 84 valence electrons. The van der Waals surface area contributed by atoms with Crippen molar-refractivity contribution in [2.45, 2.75) is 26.4 Å². The van der Waals surface area contributed by atoms with Gasteiger partial charge in [-0.1, -0.05) is 11.6 Å². The van der Waals surface area contributed by atoms with Gasteiger partial charge in [-0.3, -0.25) is 0 Å². The summed E-state index contributed by atoms with van der Waals surface area (Å²) in [6.45, 7) is 5.66. The van der Waals surface area contributed by atoms with Crippen LogP contribution in [0.2, 0.25) is 5.15 Å². The molecule has 0 radical (unpaired) electrons. The zero-order valence-electron chi connectivity index (χ0n) is 9.13. The van der Waals surface area contributed by atoms with E-state index in [0.29, 0.717) is 17.9 Å². The Morgan fingerprint density at radius 3 is 2.73 bits per heavy atom. The van der Waals surface area contributed by atoms with Crippen LogP contribution in [0.5, 0.6) is 0 Å². The zero-order valence-corrected chi connectivity index (χ0v) is 9.89. The summed E-state index contributed by atoms with van der Waals surface area (Å²) in [5.74, 6) is 0. The largest absolute Gasteiger partial charge is 0.395 e. The van der Waals surface area contributed by atoms with Crippen molar-refractivity contribution in [1.29, 1.82) is 0 Å². The van der Waals surface area contributed by atoms with Crippen LogP contribution in [0.25, 0.3) is 0 Å². The normalized spacial score (nSPS) is 11.5. The van der Waals surface area contributed by atoms with E-state index >= 15 is 0 Å². The maximum absolute atomic E-state index is 9.56. The first-order valence-corrected chi connectivity index (χ1v) is 5.06. The fourth-order valence-corrected chi connectivity index (χ4v) is 1.34. The summed E-state index contributed by atoms with van der Waals surface area (Å²) < 4.78 is 0. The summed E-state index contributed by atoms with van der Waals surface area (Å²) >= 11 is 5.83. The summed E-state index contributed by atoms with van der Waals surface area (Å²) in [5, 5.41) is 12.9. The first kappa shape index (κ1) is 12.1. The van der Waals surface area contributed by atoms with Gasteiger partial charge in [-0.15, -0.1) is 0 Å². The van der Waals surface area contributed by atoms with Gasteiger partial charge in [0.2, 0.25) is 0 Å².